The SMILES string of the molecule is N#Cc1ccc(-n2c3ccccc3c3cc(N)ccc32)c(-c2cccc3c2oc2c3ccc3c2c2ccccc2n3-c2ccccc2)c1. The Balaban J connectivity index is 1.31. The standard InChI is InChI=1S/C43H26N4O/c44-25-26-17-20-38(47-36-15-6-4-11-29(36)35-24-27(45)18-21-39(35)47)34(23-26)31-14-8-13-30-32-19-22-40-41(43(32)48-42(30)31)33-12-5-7-16-37(33)46(40)28-9-2-1-3-10-28/h1-24H,45H2. The van der Waals surface area contributed by atoms with Gasteiger partial charge in [0.2, 0.25) is 0 Å². The smallest absolute Gasteiger partial charge is 0.145 e. The van der Waals surface area contributed by atoms with Gasteiger partial charge in [-0.1, -0.05) is 72.8 Å². The number of nitriles is 1. The highest BCUT2D eigenvalue weighted by molar-refractivity contribution is 6.25. The van der Waals surface area contributed by atoms with Gasteiger partial charge in [-0.05, 0) is 72.8 Å². The number of hydrogen-bond donors (Lipinski definition) is 1. The molecular formula is C43H26N4O. The number of nitrogens with two attached hydrogens (primary N) is 1. The van der Waals surface area contributed by atoms with E-state index < -0.39 is 0 Å². The Bertz CT molecular complexity index is 2970. The Morgan fingerprint density at radius 3 is 2.02 bits per heavy atom. The van der Waals surface area contributed by atoms with Gasteiger partial charge in [-0.15, -0.1) is 0 Å². The summed E-state index contributed by atoms with van der Waals surface area (Å²) >= 11 is 0. The topological polar surface area (TPSA) is 72.8 Å². The minimum absolute atomic E-state index is 0.584. The largest absolute Gasteiger partial charge is 0.455 e. The molecule has 0 saturated heterocycles. The van der Waals surface area contributed by atoms with Crippen molar-refractivity contribution >= 4 is 71.2 Å². The lowest BCUT2D eigenvalue weighted by molar-refractivity contribution is 0.674. The van der Waals surface area contributed by atoms with E-state index in [0.29, 0.717) is 5.56 Å². The number of hydrogen-bond acceptors (Lipinski definition) is 3. The molecule has 0 aliphatic rings. The van der Waals surface area contributed by atoms with Gasteiger partial charge in [-0.3, -0.25) is 0 Å². The van der Waals surface area contributed by atoms with E-state index in [1.807, 2.05) is 36.4 Å². The number of anilines is 1. The van der Waals surface area contributed by atoms with Gasteiger partial charge in [-0.2, -0.15) is 5.26 Å². The zero-order valence-electron chi connectivity index (χ0n) is 25.7. The van der Waals surface area contributed by atoms with Crippen LogP contribution in [0.2, 0.25) is 0 Å². The molecule has 5 nitrogen and oxygen atoms in total. The van der Waals surface area contributed by atoms with Crippen LogP contribution in [0.5, 0.6) is 0 Å². The van der Waals surface area contributed by atoms with Gasteiger partial charge in [0.1, 0.15) is 11.2 Å². The van der Waals surface area contributed by atoms with E-state index in [4.69, 9.17) is 10.2 Å². The minimum Gasteiger partial charge on any atom is -0.455 e. The highest BCUT2D eigenvalue weighted by atomic mass is 16.3. The number of nitrogen functional groups attached to an aromatic ring is 1. The van der Waals surface area contributed by atoms with Crippen molar-refractivity contribution in [3.8, 4) is 28.6 Å². The Labute approximate surface area is 274 Å². The second-order valence-electron chi connectivity index (χ2n) is 12.3. The normalized spacial score (nSPS) is 11.8. The van der Waals surface area contributed by atoms with Crippen LogP contribution in [-0.2, 0) is 0 Å². The molecule has 224 valence electrons. The first-order valence-electron chi connectivity index (χ1n) is 16.0. The van der Waals surface area contributed by atoms with Gasteiger partial charge < -0.3 is 19.3 Å². The molecule has 7 aromatic carbocycles. The highest BCUT2D eigenvalue weighted by Crippen LogP contribution is 2.44. The van der Waals surface area contributed by atoms with Crippen LogP contribution >= 0.6 is 0 Å². The average Bonchev–Trinajstić information content (AvgIpc) is 3.79. The van der Waals surface area contributed by atoms with E-state index >= 15 is 0 Å². The molecular weight excluding hydrogens is 589 g/mol. The molecule has 0 atom stereocenters. The molecule has 0 aliphatic heterocycles. The summed E-state index contributed by atoms with van der Waals surface area (Å²) in [5.41, 5.74) is 17.5. The van der Waals surface area contributed by atoms with E-state index in [1.54, 1.807) is 0 Å². The van der Waals surface area contributed by atoms with Crippen molar-refractivity contribution in [1.29, 1.82) is 5.26 Å². The lowest BCUT2D eigenvalue weighted by Gasteiger charge is -2.15. The Hall–Kier alpha value is -6.77. The third kappa shape index (κ3) is 3.60. The van der Waals surface area contributed by atoms with E-state index in [0.717, 1.165) is 93.7 Å². The molecule has 0 spiro atoms. The molecule has 3 heterocycles. The number of fused-ring (bicyclic) bond motifs is 10. The third-order valence-corrected chi connectivity index (χ3v) is 9.67. The maximum Gasteiger partial charge on any atom is 0.145 e. The van der Waals surface area contributed by atoms with Gasteiger partial charge in [0.15, 0.2) is 0 Å². The van der Waals surface area contributed by atoms with Crippen molar-refractivity contribution < 1.29 is 4.42 Å². The van der Waals surface area contributed by atoms with E-state index in [2.05, 4.69) is 124 Å². The molecule has 10 rings (SSSR count). The van der Waals surface area contributed by atoms with Crippen LogP contribution in [0.15, 0.2) is 150 Å². The van der Waals surface area contributed by atoms with Crippen molar-refractivity contribution in [2.45, 2.75) is 0 Å². The zero-order chi connectivity index (χ0) is 31.9. The van der Waals surface area contributed by atoms with E-state index in [9.17, 15) is 5.26 Å². The summed E-state index contributed by atoms with van der Waals surface area (Å²) in [7, 11) is 0. The van der Waals surface area contributed by atoms with Gasteiger partial charge >= 0.3 is 0 Å². The van der Waals surface area contributed by atoms with Crippen LogP contribution in [0.4, 0.5) is 5.69 Å². The molecule has 3 aromatic heterocycles. The molecule has 0 unspecified atom stereocenters. The second kappa shape index (κ2) is 9.86. The molecule has 5 heteroatoms. The summed E-state index contributed by atoms with van der Waals surface area (Å²) in [5.74, 6) is 0. The van der Waals surface area contributed by atoms with Gasteiger partial charge in [0.05, 0.1) is 44.8 Å². The Morgan fingerprint density at radius 1 is 0.500 bits per heavy atom. The van der Waals surface area contributed by atoms with E-state index in [1.165, 1.54) is 0 Å². The maximum absolute atomic E-state index is 10.1. The van der Waals surface area contributed by atoms with Crippen molar-refractivity contribution in [3.63, 3.8) is 0 Å². The first-order valence-corrected chi connectivity index (χ1v) is 16.0. The van der Waals surface area contributed by atoms with Crippen molar-refractivity contribution in [2.75, 3.05) is 5.73 Å². The van der Waals surface area contributed by atoms with Gasteiger partial charge in [0.25, 0.3) is 0 Å². The number of furan rings is 1. The zero-order valence-corrected chi connectivity index (χ0v) is 25.7. The van der Waals surface area contributed by atoms with Crippen molar-refractivity contribution in [1.82, 2.24) is 9.13 Å². The number of rotatable bonds is 3. The fraction of sp³-hybridized carbons (Fsp3) is 0. The summed E-state index contributed by atoms with van der Waals surface area (Å²) in [5, 5.41) is 16.6. The average molecular weight is 615 g/mol. The fourth-order valence-corrected chi connectivity index (χ4v) is 7.64. The molecule has 0 aliphatic carbocycles. The van der Waals surface area contributed by atoms with Crippen LogP contribution in [0.25, 0.3) is 88.1 Å². The second-order valence-corrected chi connectivity index (χ2v) is 12.3. The molecule has 48 heavy (non-hydrogen) atoms. The number of para-hydroxylation sites is 4. The predicted octanol–water partition coefficient (Wildman–Crippen LogP) is 10.9. The highest BCUT2D eigenvalue weighted by Gasteiger charge is 2.22. The van der Waals surface area contributed by atoms with Crippen molar-refractivity contribution in [2.24, 2.45) is 0 Å². The molecule has 0 bridgehead atoms. The monoisotopic (exact) mass is 614 g/mol. The summed E-state index contributed by atoms with van der Waals surface area (Å²) < 4.78 is 11.6. The molecule has 0 saturated carbocycles. The van der Waals surface area contributed by atoms with E-state index in [-0.39, 0.29) is 0 Å². The van der Waals surface area contributed by atoms with Crippen LogP contribution < -0.4 is 5.73 Å². The van der Waals surface area contributed by atoms with Crippen LogP contribution in [0, 0.1) is 11.3 Å². The Kier molecular flexibility index (Phi) is 5.43. The van der Waals surface area contributed by atoms with Crippen LogP contribution in [-0.4, -0.2) is 9.13 Å². The summed E-state index contributed by atoms with van der Waals surface area (Å²) in [6, 6.07) is 52.4. The molecule has 0 amide bonds. The Morgan fingerprint density at radius 2 is 1.19 bits per heavy atom. The van der Waals surface area contributed by atoms with Gasteiger partial charge in [-0.25, -0.2) is 0 Å². The molecule has 2 N–H and O–H groups in total. The minimum atomic E-state index is 0.584. The molecule has 10 aromatic rings. The quantitative estimate of drug-likeness (QED) is 0.201. The predicted molar refractivity (Wildman–Crippen MR) is 197 cm³/mol. The maximum atomic E-state index is 10.1. The number of nitrogens with zero attached hydrogens (tertiary/aromatic N) is 3. The first-order chi connectivity index (χ1) is 23.7. The first kappa shape index (κ1) is 26.4. The van der Waals surface area contributed by atoms with Gasteiger partial charge in [0, 0.05) is 49.4 Å². The lowest BCUT2D eigenvalue weighted by Crippen LogP contribution is -1.98. The lowest BCUT2D eigenvalue weighted by atomic mass is 9.98. The molecule has 0 radical (unpaired) electrons. The number of aromatic nitrogens is 2. The summed E-state index contributed by atoms with van der Waals surface area (Å²) in [4.78, 5) is 0. The number of benzene rings is 7. The fourth-order valence-electron chi connectivity index (χ4n) is 7.64. The van der Waals surface area contributed by atoms with Crippen molar-refractivity contribution in [3.05, 3.63) is 151 Å². The third-order valence-electron chi connectivity index (χ3n) is 9.67. The summed E-state index contributed by atoms with van der Waals surface area (Å²) in [6.07, 6.45) is 0. The molecule has 0 fully saturated rings. The van der Waals surface area contributed by atoms with Crippen LogP contribution in [0.3, 0.4) is 0 Å². The van der Waals surface area contributed by atoms with Crippen LogP contribution in [0.1, 0.15) is 5.56 Å². The summed E-state index contributed by atoms with van der Waals surface area (Å²) in [6.45, 7) is 0.